The zero-order chi connectivity index (χ0) is 23.1. The number of hydrogen-bond acceptors (Lipinski definition) is 2. The fourth-order valence-corrected chi connectivity index (χ4v) is 10.7. The molecule has 0 saturated carbocycles. The van der Waals surface area contributed by atoms with Crippen LogP contribution in [0, 0.1) is 10.1 Å². The fraction of sp³-hybridized carbons (Fsp3) is 0. The van der Waals surface area contributed by atoms with Crippen molar-refractivity contribution in [3.05, 3.63) is 138 Å². The fourth-order valence-electron chi connectivity index (χ4n) is 5.49. The van der Waals surface area contributed by atoms with Crippen molar-refractivity contribution in [3.8, 4) is 22.3 Å². The van der Waals surface area contributed by atoms with E-state index in [1.165, 1.54) is 31.9 Å². The Morgan fingerprint density at radius 3 is 1.71 bits per heavy atom. The molecule has 0 bridgehead atoms. The summed E-state index contributed by atoms with van der Waals surface area (Å²) in [7, 11) is -2.60. The molecule has 5 aromatic rings. The van der Waals surface area contributed by atoms with Crippen LogP contribution in [0.15, 0.2) is 127 Å². The van der Waals surface area contributed by atoms with E-state index < -0.39 is 8.07 Å². The molecule has 0 saturated heterocycles. The maximum atomic E-state index is 11.8. The van der Waals surface area contributed by atoms with Gasteiger partial charge in [0.1, 0.15) is 0 Å². The summed E-state index contributed by atoms with van der Waals surface area (Å²) in [6.45, 7) is 0. The summed E-state index contributed by atoms with van der Waals surface area (Å²) in [5.74, 6) is 0. The van der Waals surface area contributed by atoms with E-state index in [9.17, 15) is 10.1 Å². The van der Waals surface area contributed by atoms with Crippen molar-refractivity contribution in [3.63, 3.8) is 0 Å². The second-order valence-electron chi connectivity index (χ2n) is 8.56. The van der Waals surface area contributed by atoms with Gasteiger partial charge in [-0.05, 0) is 43.5 Å². The molecule has 0 aromatic heterocycles. The highest BCUT2D eigenvalue weighted by Crippen LogP contribution is 2.34. The Morgan fingerprint density at radius 2 is 1.06 bits per heavy atom. The minimum atomic E-state index is -2.60. The van der Waals surface area contributed by atoms with Crippen molar-refractivity contribution in [2.75, 3.05) is 0 Å². The monoisotopic (exact) mass is 455 g/mol. The number of fused-ring (bicyclic) bond motifs is 3. The molecule has 1 heterocycles. The molecular formula is C30H21NO2Si. The number of benzene rings is 5. The van der Waals surface area contributed by atoms with Gasteiger partial charge in [-0.15, -0.1) is 0 Å². The van der Waals surface area contributed by atoms with Gasteiger partial charge < -0.3 is 0 Å². The van der Waals surface area contributed by atoms with E-state index in [0.717, 1.165) is 5.56 Å². The van der Waals surface area contributed by atoms with Crippen molar-refractivity contribution in [1.29, 1.82) is 0 Å². The predicted molar refractivity (Wildman–Crippen MR) is 141 cm³/mol. The number of nitrogens with zero attached hydrogens (tertiary/aromatic N) is 1. The van der Waals surface area contributed by atoms with Crippen LogP contribution in [-0.4, -0.2) is 13.0 Å². The number of nitro groups is 1. The minimum Gasteiger partial charge on any atom is -0.258 e. The maximum Gasteiger partial charge on any atom is 0.277 e. The van der Waals surface area contributed by atoms with Crippen LogP contribution in [0.5, 0.6) is 0 Å². The summed E-state index contributed by atoms with van der Waals surface area (Å²) in [5, 5.41) is 17.1. The summed E-state index contributed by atoms with van der Waals surface area (Å²) >= 11 is 0. The molecule has 6 rings (SSSR count). The Labute approximate surface area is 199 Å². The smallest absolute Gasteiger partial charge is 0.258 e. The third kappa shape index (κ3) is 2.89. The van der Waals surface area contributed by atoms with Crippen LogP contribution in [0.2, 0.25) is 0 Å². The minimum absolute atomic E-state index is 0.129. The molecule has 3 nitrogen and oxygen atoms in total. The number of para-hydroxylation sites is 1. The zero-order valence-corrected chi connectivity index (χ0v) is 19.4. The third-order valence-electron chi connectivity index (χ3n) is 6.87. The molecule has 0 spiro atoms. The van der Waals surface area contributed by atoms with E-state index in [0.29, 0.717) is 5.56 Å². The van der Waals surface area contributed by atoms with Gasteiger partial charge in [0.2, 0.25) is 0 Å². The van der Waals surface area contributed by atoms with Gasteiger partial charge in [-0.2, -0.15) is 0 Å². The van der Waals surface area contributed by atoms with Crippen molar-refractivity contribution < 1.29 is 4.92 Å². The first kappa shape index (κ1) is 20.3. The highest BCUT2D eigenvalue weighted by atomic mass is 28.3. The Bertz CT molecular complexity index is 1490. The first-order valence-electron chi connectivity index (χ1n) is 11.3. The lowest BCUT2D eigenvalue weighted by molar-refractivity contribution is -0.384. The summed E-state index contributed by atoms with van der Waals surface area (Å²) < 4.78 is 0. The molecule has 0 unspecified atom stereocenters. The Balaban J connectivity index is 1.73. The molecule has 162 valence electrons. The van der Waals surface area contributed by atoms with Crippen LogP contribution in [0.25, 0.3) is 22.3 Å². The Morgan fingerprint density at radius 1 is 0.529 bits per heavy atom. The Kier molecular flexibility index (Phi) is 4.75. The van der Waals surface area contributed by atoms with E-state index >= 15 is 0 Å². The Hall–Kier alpha value is -4.28. The van der Waals surface area contributed by atoms with E-state index in [4.69, 9.17) is 0 Å². The quantitative estimate of drug-likeness (QED) is 0.221. The van der Waals surface area contributed by atoms with Crippen molar-refractivity contribution >= 4 is 34.5 Å². The number of rotatable bonds is 4. The predicted octanol–water partition coefficient (Wildman–Crippen LogP) is 4.62. The highest BCUT2D eigenvalue weighted by Gasteiger charge is 2.48. The van der Waals surface area contributed by atoms with Crippen LogP contribution < -0.4 is 20.7 Å². The molecule has 5 aromatic carbocycles. The lowest BCUT2D eigenvalue weighted by atomic mass is 9.99. The zero-order valence-electron chi connectivity index (χ0n) is 18.4. The summed E-state index contributed by atoms with van der Waals surface area (Å²) in [4.78, 5) is 11.5. The number of hydrogen-bond donors (Lipinski definition) is 0. The normalized spacial score (nSPS) is 13.2. The molecule has 0 radical (unpaired) electrons. The molecule has 0 atom stereocenters. The van der Waals surface area contributed by atoms with Gasteiger partial charge >= 0.3 is 0 Å². The standard InChI is InChI=1S/C30H21NO2Si/c32-31(33)28-17-9-7-15-25(28)22-19-20-27-26-16-8-10-18-29(26)34(30(27)21-22,23-11-3-1-4-12-23)24-13-5-2-6-14-24/h1-21H. The first-order chi connectivity index (χ1) is 16.7. The van der Waals surface area contributed by atoms with Gasteiger partial charge in [0.25, 0.3) is 5.69 Å². The third-order valence-corrected chi connectivity index (χ3v) is 11.7. The summed E-state index contributed by atoms with van der Waals surface area (Å²) in [5.41, 5.74) is 4.13. The average Bonchev–Trinajstić information content (AvgIpc) is 3.20. The average molecular weight is 456 g/mol. The second-order valence-corrected chi connectivity index (χ2v) is 12.3. The van der Waals surface area contributed by atoms with Gasteiger partial charge in [-0.3, -0.25) is 10.1 Å². The van der Waals surface area contributed by atoms with Crippen molar-refractivity contribution in [2.45, 2.75) is 0 Å². The molecule has 0 N–H and O–H groups in total. The van der Waals surface area contributed by atoms with Crippen molar-refractivity contribution in [1.82, 2.24) is 0 Å². The molecular weight excluding hydrogens is 434 g/mol. The van der Waals surface area contributed by atoms with Gasteiger partial charge in [0.05, 0.1) is 10.5 Å². The molecule has 34 heavy (non-hydrogen) atoms. The maximum absolute atomic E-state index is 11.8. The molecule has 1 aliphatic rings. The molecule has 1 aliphatic heterocycles. The SMILES string of the molecule is O=[N+]([O-])c1ccccc1-c1ccc2c(c1)[Si](c1ccccc1)(c1ccccc1)c1ccccc1-2. The second kappa shape index (κ2) is 7.94. The van der Waals surface area contributed by atoms with Crippen LogP contribution in [0.3, 0.4) is 0 Å². The molecule has 0 amide bonds. The topological polar surface area (TPSA) is 43.1 Å². The van der Waals surface area contributed by atoms with Crippen LogP contribution in [0.1, 0.15) is 0 Å². The van der Waals surface area contributed by atoms with E-state index in [-0.39, 0.29) is 10.6 Å². The first-order valence-corrected chi connectivity index (χ1v) is 13.3. The summed E-state index contributed by atoms with van der Waals surface area (Å²) in [6.07, 6.45) is 0. The van der Waals surface area contributed by atoms with E-state index in [2.05, 4.69) is 97.1 Å². The van der Waals surface area contributed by atoms with E-state index in [1.54, 1.807) is 12.1 Å². The van der Waals surface area contributed by atoms with Crippen LogP contribution in [0.4, 0.5) is 5.69 Å². The van der Waals surface area contributed by atoms with Gasteiger partial charge in [0.15, 0.2) is 8.07 Å². The largest absolute Gasteiger partial charge is 0.277 e. The van der Waals surface area contributed by atoms with Gasteiger partial charge in [-0.1, -0.05) is 115 Å². The highest BCUT2D eigenvalue weighted by molar-refractivity contribution is 7.22. The molecule has 0 fully saturated rings. The van der Waals surface area contributed by atoms with Gasteiger partial charge in [0, 0.05) is 6.07 Å². The number of nitro benzene ring substituents is 1. The molecule has 0 aliphatic carbocycles. The lowest BCUT2D eigenvalue weighted by Crippen LogP contribution is -2.72. The lowest BCUT2D eigenvalue weighted by Gasteiger charge is -2.31. The van der Waals surface area contributed by atoms with Crippen LogP contribution in [-0.2, 0) is 0 Å². The van der Waals surface area contributed by atoms with Crippen molar-refractivity contribution in [2.24, 2.45) is 0 Å². The van der Waals surface area contributed by atoms with Crippen LogP contribution >= 0.6 is 0 Å². The van der Waals surface area contributed by atoms with Gasteiger partial charge in [-0.25, -0.2) is 0 Å². The molecule has 4 heteroatoms. The van der Waals surface area contributed by atoms with E-state index in [1.807, 2.05) is 18.2 Å². The summed E-state index contributed by atoms with van der Waals surface area (Å²) in [6, 6.07) is 43.6.